The van der Waals surface area contributed by atoms with Crippen LogP contribution < -0.4 is 4.74 Å². The highest BCUT2D eigenvalue weighted by molar-refractivity contribution is 9.10. The molecule has 0 amide bonds. The van der Waals surface area contributed by atoms with Gasteiger partial charge in [-0.2, -0.15) is 5.10 Å². The Kier molecular flexibility index (Phi) is 5.66. The molecule has 162 valence electrons. The Morgan fingerprint density at radius 2 is 2.03 bits per heavy atom. The molecule has 0 N–H and O–H groups in total. The number of hydrogen-bond donors (Lipinski definition) is 0. The summed E-state index contributed by atoms with van der Waals surface area (Å²) in [6.45, 7) is 2.88. The van der Waals surface area contributed by atoms with Crippen molar-refractivity contribution >= 4 is 28.1 Å². The Hall–Kier alpha value is -3.19. The van der Waals surface area contributed by atoms with Crippen LogP contribution in [0.2, 0.25) is 0 Å². The smallest absolute Gasteiger partial charge is 0.174 e. The molecule has 1 aliphatic rings. The Bertz CT molecular complexity index is 1290. The van der Waals surface area contributed by atoms with Crippen molar-refractivity contribution in [3.8, 4) is 11.4 Å². The molecule has 6 nitrogen and oxygen atoms in total. The lowest BCUT2D eigenvalue weighted by molar-refractivity contribution is 0.413. The quantitative estimate of drug-likeness (QED) is 0.364. The van der Waals surface area contributed by atoms with Crippen LogP contribution in [0.3, 0.4) is 0 Å². The number of halogens is 1. The molecule has 1 unspecified atom stereocenters. The molecular weight excluding hydrogens is 466 g/mol. The second kappa shape index (κ2) is 8.74. The van der Waals surface area contributed by atoms with Crippen LogP contribution >= 0.6 is 15.9 Å². The zero-order valence-corrected chi connectivity index (χ0v) is 19.7. The van der Waals surface area contributed by atoms with Crippen LogP contribution in [0.4, 0.5) is 0 Å². The molecule has 1 atom stereocenters. The molecule has 4 aromatic rings. The van der Waals surface area contributed by atoms with Crippen LogP contribution in [-0.4, -0.2) is 31.4 Å². The minimum Gasteiger partial charge on any atom is -0.495 e. The predicted molar refractivity (Wildman–Crippen MR) is 129 cm³/mol. The van der Waals surface area contributed by atoms with Crippen molar-refractivity contribution in [3.63, 3.8) is 0 Å². The summed E-state index contributed by atoms with van der Waals surface area (Å²) in [4.78, 5) is 9.18. The van der Waals surface area contributed by atoms with Gasteiger partial charge < -0.3 is 9.30 Å². The summed E-state index contributed by atoms with van der Waals surface area (Å²) in [6, 6.07) is 14.5. The van der Waals surface area contributed by atoms with Gasteiger partial charge in [0.25, 0.3) is 0 Å². The largest absolute Gasteiger partial charge is 0.495 e. The predicted octanol–water partition coefficient (Wildman–Crippen LogP) is 5.64. The van der Waals surface area contributed by atoms with Gasteiger partial charge >= 0.3 is 0 Å². The van der Waals surface area contributed by atoms with E-state index in [0.717, 1.165) is 58.2 Å². The van der Waals surface area contributed by atoms with Crippen molar-refractivity contribution in [1.82, 2.24) is 24.3 Å². The SMILES string of the molecule is COc1cc(/C=C/c2nc3n(n2)CCCC3c2ccccc2Br)ccc1-n1cnc(C)c1. The molecule has 0 aliphatic carbocycles. The summed E-state index contributed by atoms with van der Waals surface area (Å²) < 4.78 is 10.8. The molecule has 0 fully saturated rings. The lowest BCUT2D eigenvalue weighted by Crippen LogP contribution is -2.18. The van der Waals surface area contributed by atoms with E-state index in [0.29, 0.717) is 0 Å². The number of fused-ring (bicyclic) bond motifs is 1. The first-order valence-electron chi connectivity index (χ1n) is 10.7. The van der Waals surface area contributed by atoms with Gasteiger partial charge in [-0.05, 0) is 55.2 Å². The number of aromatic nitrogens is 5. The van der Waals surface area contributed by atoms with Crippen molar-refractivity contribution in [2.24, 2.45) is 0 Å². The summed E-state index contributed by atoms with van der Waals surface area (Å²) in [7, 11) is 1.68. The molecule has 0 bridgehead atoms. The first-order chi connectivity index (χ1) is 15.6. The molecule has 0 spiro atoms. The fourth-order valence-electron chi connectivity index (χ4n) is 4.23. The Labute approximate surface area is 195 Å². The summed E-state index contributed by atoms with van der Waals surface area (Å²) in [5.41, 5.74) is 4.22. The van der Waals surface area contributed by atoms with Crippen LogP contribution in [0.15, 0.2) is 59.5 Å². The Morgan fingerprint density at radius 3 is 2.81 bits per heavy atom. The average Bonchev–Trinajstić information content (AvgIpc) is 3.43. The number of benzene rings is 2. The van der Waals surface area contributed by atoms with Crippen LogP contribution in [0.25, 0.3) is 17.8 Å². The highest BCUT2D eigenvalue weighted by Crippen LogP contribution is 2.36. The van der Waals surface area contributed by atoms with Crippen molar-refractivity contribution < 1.29 is 4.74 Å². The summed E-state index contributed by atoms with van der Waals surface area (Å²) in [6.07, 6.45) is 9.95. The van der Waals surface area contributed by atoms with Gasteiger partial charge in [-0.1, -0.05) is 46.3 Å². The average molecular weight is 490 g/mol. The van der Waals surface area contributed by atoms with Crippen molar-refractivity contribution in [2.75, 3.05) is 7.11 Å². The van der Waals surface area contributed by atoms with Gasteiger partial charge in [0.05, 0.1) is 24.8 Å². The van der Waals surface area contributed by atoms with E-state index in [9.17, 15) is 0 Å². The molecule has 0 saturated carbocycles. The van der Waals surface area contributed by atoms with Gasteiger partial charge in [0.15, 0.2) is 5.82 Å². The topological polar surface area (TPSA) is 57.8 Å². The van der Waals surface area contributed by atoms with E-state index in [1.807, 2.05) is 48.0 Å². The zero-order chi connectivity index (χ0) is 22.1. The van der Waals surface area contributed by atoms with E-state index in [1.54, 1.807) is 13.4 Å². The van der Waals surface area contributed by atoms with Crippen molar-refractivity contribution in [2.45, 2.75) is 32.2 Å². The normalized spacial score (nSPS) is 15.8. The number of aryl methyl sites for hydroxylation is 2. The number of rotatable bonds is 5. The number of methoxy groups -OCH3 is 1. The van der Waals surface area contributed by atoms with Gasteiger partial charge in [0, 0.05) is 23.1 Å². The number of hydrogen-bond acceptors (Lipinski definition) is 4. The van der Waals surface area contributed by atoms with E-state index in [2.05, 4.69) is 49.9 Å². The third-order valence-corrected chi connectivity index (χ3v) is 6.51. The second-order valence-corrected chi connectivity index (χ2v) is 8.81. The van der Waals surface area contributed by atoms with Gasteiger partial charge in [-0.15, -0.1) is 0 Å². The molecule has 32 heavy (non-hydrogen) atoms. The lowest BCUT2D eigenvalue weighted by Gasteiger charge is -2.23. The third kappa shape index (κ3) is 4.00. The lowest BCUT2D eigenvalue weighted by atomic mass is 9.91. The second-order valence-electron chi connectivity index (χ2n) is 7.95. The van der Waals surface area contributed by atoms with Crippen LogP contribution in [-0.2, 0) is 6.54 Å². The van der Waals surface area contributed by atoms with Crippen LogP contribution in [0.5, 0.6) is 5.75 Å². The van der Waals surface area contributed by atoms with E-state index in [-0.39, 0.29) is 5.92 Å². The fraction of sp³-hybridized carbons (Fsp3) is 0.240. The first kappa shape index (κ1) is 20.7. The standard InChI is InChI=1S/C25H24BrN5O/c1-17-15-30(16-27-17)22-11-9-18(14-23(22)32-2)10-12-24-28-25-20(7-5-13-31(25)29-24)19-6-3-4-8-21(19)26/h3-4,6,8-12,14-16,20H,5,7,13H2,1-2H3/b12-10+. The highest BCUT2D eigenvalue weighted by atomic mass is 79.9. The molecule has 7 heteroatoms. The van der Waals surface area contributed by atoms with Crippen LogP contribution in [0, 0.1) is 6.92 Å². The maximum atomic E-state index is 5.62. The molecule has 1 aliphatic heterocycles. The maximum Gasteiger partial charge on any atom is 0.174 e. The number of imidazole rings is 1. The highest BCUT2D eigenvalue weighted by Gasteiger charge is 2.26. The Balaban J connectivity index is 1.42. The van der Waals surface area contributed by atoms with Gasteiger partial charge in [0.2, 0.25) is 0 Å². The number of nitrogens with zero attached hydrogens (tertiary/aromatic N) is 5. The van der Waals surface area contributed by atoms with E-state index < -0.39 is 0 Å². The van der Waals surface area contributed by atoms with Gasteiger partial charge in [0.1, 0.15) is 11.6 Å². The minimum absolute atomic E-state index is 0.256. The summed E-state index contributed by atoms with van der Waals surface area (Å²) in [5, 5.41) is 4.74. The van der Waals surface area contributed by atoms with E-state index in [1.165, 1.54) is 5.56 Å². The minimum atomic E-state index is 0.256. The molecule has 3 heterocycles. The monoisotopic (exact) mass is 489 g/mol. The maximum absolute atomic E-state index is 5.62. The molecule has 0 saturated heterocycles. The molecule has 2 aromatic carbocycles. The van der Waals surface area contributed by atoms with Gasteiger partial charge in [-0.3, -0.25) is 0 Å². The zero-order valence-electron chi connectivity index (χ0n) is 18.1. The van der Waals surface area contributed by atoms with E-state index >= 15 is 0 Å². The number of ether oxygens (including phenoxy) is 1. The van der Waals surface area contributed by atoms with Crippen molar-refractivity contribution in [1.29, 1.82) is 0 Å². The molecule has 5 rings (SSSR count). The Morgan fingerprint density at radius 1 is 1.16 bits per heavy atom. The van der Waals surface area contributed by atoms with Crippen LogP contribution in [0.1, 0.15) is 47.2 Å². The van der Waals surface area contributed by atoms with Gasteiger partial charge in [-0.25, -0.2) is 14.6 Å². The summed E-state index contributed by atoms with van der Waals surface area (Å²) in [5.74, 6) is 2.81. The molecule has 0 radical (unpaired) electrons. The summed E-state index contributed by atoms with van der Waals surface area (Å²) >= 11 is 3.70. The molecule has 2 aromatic heterocycles. The fourth-order valence-corrected chi connectivity index (χ4v) is 4.79. The first-order valence-corrected chi connectivity index (χ1v) is 11.5. The third-order valence-electron chi connectivity index (χ3n) is 5.79. The van der Waals surface area contributed by atoms with Crippen molar-refractivity contribution in [3.05, 3.63) is 87.9 Å². The molecular formula is C25H24BrN5O. The van der Waals surface area contributed by atoms with E-state index in [4.69, 9.17) is 14.8 Å².